The van der Waals surface area contributed by atoms with Crippen molar-refractivity contribution in [2.24, 2.45) is 0 Å². The number of nitrogens with two attached hydrogens (primary N) is 1. The van der Waals surface area contributed by atoms with Gasteiger partial charge in [-0.3, -0.25) is 0 Å². The van der Waals surface area contributed by atoms with Crippen molar-refractivity contribution in [2.45, 2.75) is 45.4 Å². The molecule has 96 valence electrons. The number of anilines is 2. The van der Waals surface area contributed by atoms with Crippen molar-refractivity contribution in [2.75, 3.05) is 24.2 Å². The standard InChI is InChI=1S/C15H26N2/c1-3-4-5-6-7-8-13-17(2)15-11-9-14(16)10-12-15/h9-12H,3-8,13,16H2,1-2H3. The Morgan fingerprint density at radius 2 is 1.53 bits per heavy atom. The molecule has 2 nitrogen and oxygen atoms in total. The fraction of sp³-hybridized carbons (Fsp3) is 0.600. The molecule has 0 heterocycles. The highest BCUT2D eigenvalue weighted by Crippen LogP contribution is 2.15. The van der Waals surface area contributed by atoms with E-state index in [1.807, 2.05) is 12.1 Å². The second kappa shape index (κ2) is 7.99. The van der Waals surface area contributed by atoms with Crippen LogP contribution in [-0.4, -0.2) is 13.6 Å². The van der Waals surface area contributed by atoms with E-state index in [-0.39, 0.29) is 0 Å². The number of unbranched alkanes of at least 4 members (excludes halogenated alkanes) is 5. The Morgan fingerprint density at radius 1 is 0.941 bits per heavy atom. The molecule has 0 aromatic heterocycles. The van der Waals surface area contributed by atoms with E-state index in [9.17, 15) is 0 Å². The molecule has 2 N–H and O–H groups in total. The van der Waals surface area contributed by atoms with Crippen LogP contribution < -0.4 is 10.6 Å². The van der Waals surface area contributed by atoms with E-state index in [1.165, 1.54) is 44.2 Å². The van der Waals surface area contributed by atoms with E-state index in [4.69, 9.17) is 5.73 Å². The lowest BCUT2D eigenvalue weighted by molar-refractivity contribution is 0.606. The summed E-state index contributed by atoms with van der Waals surface area (Å²) in [5, 5.41) is 0. The summed E-state index contributed by atoms with van der Waals surface area (Å²) in [6.07, 6.45) is 8.11. The quantitative estimate of drug-likeness (QED) is 0.543. The van der Waals surface area contributed by atoms with E-state index in [1.54, 1.807) is 0 Å². The lowest BCUT2D eigenvalue weighted by Gasteiger charge is -2.19. The Kier molecular flexibility index (Phi) is 6.53. The first-order chi connectivity index (χ1) is 8.24. The second-order valence-electron chi connectivity index (χ2n) is 4.78. The molecule has 17 heavy (non-hydrogen) atoms. The number of rotatable bonds is 8. The van der Waals surface area contributed by atoms with E-state index in [0.29, 0.717) is 0 Å². The van der Waals surface area contributed by atoms with E-state index in [0.717, 1.165) is 12.2 Å². The van der Waals surface area contributed by atoms with Crippen molar-refractivity contribution >= 4 is 11.4 Å². The van der Waals surface area contributed by atoms with Crippen LogP contribution >= 0.6 is 0 Å². The van der Waals surface area contributed by atoms with Crippen molar-refractivity contribution in [3.05, 3.63) is 24.3 Å². The topological polar surface area (TPSA) is 29.3 Å². The number of nitrogens with zero attached hydrogens (tertiary/aromatic N) is 1. The average molecular weight is 234 g/mol. The third-order valence-electron chi connectivity index (χ3n) is 3.18. The van der Waals surface area contributed by atoms with Gasteiger partial charge in [0.1, 0.15) is 0 Å². The summed E-state index contributed by atoms with van der Waals surface area (Å²) in [5.41, 5.74) is 7.77. The third-order valence-corrected chi connectivity index (χ3v) is 3.18. The average Bonchev–Trinajstić information content (AvgIpc) is 2.34. The summed E-state index contributed by atoms with van der Waals surface area (Å²) in [6, 6.07) is 8.11. The summed E-state index contributed by atoms with van der Waals surface area (Å²) in [4.78, 5) is 2.30. The Morgan fingerprint density at radius 3 is 2.18 bits per heavy atom. The molecule has 1 aromatic rings. The van der Waals surface area contributed by atoms with Crippen LogP contribution in [0.1, 0.15) is 45.4 Å². The first kappa shape index (κ1) is 13.9. The van der Waals surface area contributed by atoms with Gasteiger partial charge in [-0.05, 0) is 30.7 Å². The summed E-state index contributed by atoms with van der Waals surface area (Å²) < 4.78 is 0. The minimum Gasteiger partial charge on any atom is -0.399 e. The third kappa shape index (κ3) is 5.62. The molecule has 0 fully saturated rings. The summed E-state index contributed by atoms with van der Waals surface area (Å²) in [7, 11) is 2.15. The molecule has 0 radical (unpaired) electrons. The molecule has 2 heteroatoms. The fourth-order valence-electron chi connectivity index (χ4n) is 1.99. The Balaban J connectivity index is 2.16. The molecular weight excluding hydrogens is 208 g/mol. The molecule has 0 spiro atoms. The van der Waals surface area contributed by atoms with Crippen LogP contribution in [0.15, 0.2) is 24.3 Å². The van der Waals surface area contributed by atoms with Crippen LogP contribution in [0.5, 0.6) is 0 Å². The smallest absolute Gasteiger partial charge is 0.0365 e. The molecule has 0 aliphatic carbocycles. The number of nitrogen functional groups attached to an aromatic ring is 1. The lowest BCUT2D eigenvalue weighted by Crippen LogP contribution is -2.18. The normalized spacial score (nSPS) is 10.5. The van der Waals surface area contributed by atoms with Gasteiger partial charge >= 0.3 is 0 Å². The predicted octanol–water partition coefficient (Wildman–Crippen LogP) is 4.07. The first-order valence-electron chi connectivity index (χ1n) is 6.80. The van der Waals surface area contributed by atoms with Gasteiger partial charge in [-0.1, -0.05) is 39.0 Å². The van der Waals surface area contributed by atoms with Crippen molar-refractivity contribution in [1.82, 2.24) is 0 Å². The van der Waals surface area contributed by atoms with Crippen LogP contribution in [-0.2, 0) is 0 Å². The van der Waals surface area contributed by atoms with Gasteiger partial charge in [0, 0.05) is 25.0 Å². The maximum absolute atomic E-state index is 5.68. The van der Waals surface area contributed by atoms with Crippen molar-refractivity contribution in [3.8, 4) is 0 Å². The maximum atomic E-state index is 5.68. The van der Waals surface area contributed by atoms with Crippen molar-refractivity contribution < 1.29 is 0 Å². The van der Waals surface area contributed by atoms with Gasteiger partial charge in [-0.25, -0.2) is 0 Å². The maximum Gasteiger partial charge on any atom is 0.0365 e. The van der Waals surface area contributed by atoms with Gasteiger partial charge in [0.05, 0.1) is 0 Å². The van der Waals surface area contributed by atoms with Crippen molar-refractivity contribution in [1.29, 1.82) is 0 Å². The minimum atomic E-state index is 0.835. The van der Waals surface area contributed by atoms with E-state index < -0.39 is 0 Å². The molecule has 0 saturated carbocycles. The van der Waals surface area contributed by atoms with E-state index in [2.05, 4.69) is 31.0 Å². The van der Waals surface area contributed by atoms with Crippen LogP contribution in [0.3, 0.4) is 0 Å². The number of benzene rings is 1. The Bertz CT molecular complexity index is 292. The molecule has 0 aliphatic heterocycles. The first-order valence-corrected chi connectivity index (χ1v) is 6.80. The second-order valence-corrected chi connectivity index (χ2v) is 4.78. The van der Waals surface area contributed by atoms with E-state index >= 15 is 0 Å². The molecule has 0 bridgehead atoms. The van der Waals surface area contributed by atoms with Gasteiger partial charge in [0.2, 0.25) is 0 Å². The van der Waals surface area contributed by atoms with Crippen molar-refractivity contribution in [3.63, 3.8) is 0 Å². The molecule has 0 unspecified atom stereocenters. The zero-order chi connectivity index (χ0) is 12.5. The van der Waals surface area contributed by atoms with Crippen LogP contribution in [0.4, 0.5) is 11.4 Å². The zero-order valence-corrected chi connectivity index (χ0v) is 11.3. The SMILES string of the molecule is CCCCCCCCN(C)c1ccc(N)cc1. The highest BCUT2D eigenvalue weighted by atomic mass is 15.1. The molecule has 0 amide bonds. The number of hydrogen-bond donors (Lipinski definition) is 1. The molecular formula is C15H26N2. The molecule has 1 rings (SSSR count). The number of hydrogen-bond acceptors (Lipinski definition) is 2. The predicted molar refractivity (Wildman–Crippen MR) is 77.5 cm³/mol. The zero-order valence-electron chi connectivity index (χ0n) is 11.3. The highest BCUT2D eigenvalue weighted by molar-refractivity contribution is 5.52. The fourth-order valence-corrected chi connectivity index (χ4v) is 1.99. The highest BCUT2D eigenvalue weighted by Gasteiger charge is 1.99. The molecule has 0 saturated heterocycles. The molecule has 0 atom stereocenters. The van der Waals surface area contributed by atoms with Gasteiger partial charge in [0.15, 0.2) is 0 Å². The monoisotopic (exact) mass is 234 g/mol. The summed E-state index contributed by atoms with van der Waals surface area (Å²) >= 11 is 0. The Hall–Kier alpha value is -1.18. The molecule has 0 aliphatic rings. The lowest BCUT2D eigenvalue weighted by atomic mass is 10.1. The summed E-state index contributed by atoms with van der Waals surface area (Å²) in [5.74, 6) is 0. The van der Waals surface area contributed by atoms with Gasteiger partial charge in [0.25, 0.3) is 0 Å². The van der Waals surface area contributed by atoms with Gasteiger partial charge < -0.3 is 10.6 Å². The van der Waals surface area contributed by atoms with Crippen LogP contribution in [0.2, 0.25) is 0 Å². The molecule has 1 aromatic carbocycles. The van der Waals surface area contributed by atoms with Gasteiger partial charge in [-0.2, -0.15) is 0 Å². The Labute approximate surface area is 106 Å². The van der Waals surface area contributed by atoms with Crippen LogP contribution in [0.25, 0.3) is 0 Å². The minimum absolute atomic E-state index is 0.835. The van der Waals surface area contributed by atoms with Crippen LogP contribution in [0, 0.1) is 0 Å². The summed E-state index contributed by atoms with van der Waals surface area (Å²) in [6.45, 7) is 3.39. The largest absolute Gasteiger partial charge is 0.399 e. The van der Waals surface area contributed by atoms with Gasteiger partial charge in [-0.15, -0.1) is 0 Å².